The standard InChI is InChI=1S/C24H38N4O4S/c29-23(26-20-11-5-2-1-3-6-12-20)19-10-9-15-28(18-19)33(31,32)21-16-22(25-17-21)24(30)27-13-7-4-8-14-27/h16-17,19-20,25H,1-15,18H2,(H,26,29)/t19-/m1/s1. The Bertz CT molecular complexity index is 915. The van der Waals surface area contributed by atoms with Crippen LogP contribution in [0.25, 0.3) is 0 Å². The van der Waals surface area contributed by atoms with Crippen molar-refractivity contribution in [3.63, 3.8) is 0 Å². The second-order valence-corrected chi connectivity index (χ2v) is 11.8. The average Bonchev–Trinajstić information content (AvgIpc) is 3.32. The molecule has 184 valence electrons. The maximum absolute atomic E-state index is 13.3. The number of rotatable bonds is 5. The number of H-pyrrole nitrogens is 1. The van der Waals surface area contributed by atoms with Crippen molar-refractivity contribution in [2.45, 2.75) is 88.0 Å². The summed E-state index contributed by atoms with van der Waals surface area (Å²) in [4.78, 5) is 30.4. The molecule has 3 heterocycles. The predicted octanol–water partition coefficient (Wildman–Crippen LogP) is 3.27. The molecule has 1 saturated carbocycles. The topological polar surface area (TPSA) is 103 Å². The average molecular weight is 479 g/mol. The van der Waals surface area contributed by atoms with Gasteiger partial charge in [0.25, 0.3) is 5.91 Å². The first-order chi connectivity index (χ1) is 15.9. The molecule has 1 aromatic rings. The van der Waals surface area contributed by atoms with Crippen molar-refractivity contribution in [1.82, 2.24) is 19.5 Å². The largest absolute Gasteiger partial charge is 0.356 e. The molecule has 2 saturated heterocycles. The summed E-state index contributed by atoms with van der Waals surface area (Å²) < 4.78 is 28.0. The Kier molecular flexibility index (Phi) is 8.11. The molecule has 3 fully saturated rings. The number of likely N-dealkylation sites (tertiary alicyclic amines) is 1. The van der Waals surface area contributed by atoms with E-state index in [0.29, 0.717) is 38.2 Å². The molecule has 1 aromatic heterocycles. The summed E-state index contributed by atoms with van der Waals surface area (Å²) >= 11 is 0. The van der Waals surface area contributed by atoms with Crippen LogP contribution >= 0.6 is 0 Å². The van der Waals surface area contributed by atoms with Crippen LogP contribution in [0.15, 0.2) is 17.2 Å². The van der Waals surface area contributed by atoms with Gasteiger partial charge in [0.1, 0.15) is 10.6 Å². The van der Waals surface area contributed by atoms with Crippen molar-refractivity contribution in [2.24, 2.45) is 5.92 Å². The number of aromatic amines is 1. The van der Waals surface area contributed by atoms with E-state index in [2.05, 4.69) is 10.3 Å². The number of nitrogens with one attached hydrogen (secondary N) is 2. The van der Waals surface area contributed by atoms with Gasteiger partial charge in [-0.05, 0) is 51.0 Å². The van der Waals surface area contributed by atoms with Gasteiger partial charge in [0.05, 0.1) is 5.92 Å². The zero-order valence-electron chi connectivity index (χ0n) is 19.6. The van der Waals surface area contributed by atoms with E-state index in [4.69, 9.17) is 0 Å². The first-order valence-electron chi connectivity index (χ1n) is 12.7. The summed E-state index contributed by atoms with van der Waals surface area (Å²) in [5.41, 5.74) is 0.311. The highest BCUT2D eigenvalue weighted by Crippen LogP contribution is 2.26. The Hall–Kier alpha value is -1.87. The lowest BCUT2D eigenvalue weighted by molar-refractivity contribution is -0.126. The van der Waals surface area contributed by atoms with E-state index in [-0.39, 0.29) is 35.2 Å². The Morgan fingerprint density at radius 3 is 2.27 bits per heavy atom. The Morgan fingerprint density at radius 2 is 1.55 bits per heavy atom. The fourth-order valence-electron chi connectivity index (χ4n) is 5.36. The van der Waals surface area contributed by atoms with E-state index >= 15 is 0 Å². The predicted molar refractivity (Wildman–Crippen MR) is 126 cm³/mol. The van der Waals surface area contributed by atoms with E-state index in [0.717, 1.165) is 44.9 Å². The van der Waals surface area contributed by atoms with Crippen LogP contribution in [0, 0.1) is 5.92 Å². The van der Waals surface area contributed by atoms with Gasteiger partial charge in [0.15, 0.2) is 0 Å². The Balaban J connectivity index is 1.38. The maximum atomic E-state index is 13.3. The second-order valence-electron chi connectivity index (χ2n) is 9.85. The lowest BCUT2D eigenvalue weighted by Gasteiger charge is -2.32. The number of sulfonamides is 1. The third-order valence-corrected chi connectivity index (χ3v) is 9.22. The SMILES string of the molecule is O=C(NC1CCCCCCC1)[C@@H]1CCCN(S(=O)(=O)c2c[nH]c(C(=O)N3CCCCC3)c2)C1. The normalized spacial score (nSPS) is 24.1. The number of piperidine rings is 2. The molecular weight excluding hydrogens is 440 g/mol. The van der Waals surface area contributed by atoms with Gasteiger partial charge in [-0.3, -0.25) is 9.59 Å². The maximum Gasteiger partial charge on any atom is 0.270 e. The molecular formula is C24H38N4O4S. The van der Waals surface area contributed by atoms with Crippen LogP contribution in [0.4, 0.5) is 0 Å². The smallest absolute Gasteiger partial charge is 0.270 e. The molecule has 9 heteroatoms. The zero-order chi connectivity index (χ0) is 23.3. The van der Waals surface area contributed by atoms with Gasteiger partial charge in [-0.25, -0.2) is 8.42 Å². The molecule has 0 spiro atoms. The summed E-state index contributed by atoms with van der Waals surface area (Å²) in [5, 5.41) is 3.21. The van der Waals surface area contributed by atoms with Gasteiger partial charge in [0.2, 0.25) is 15.9 Å². The molecule has 0 unspecified atom stereocenters. The molecule has 3 aliphatic rings. The van der Waals surface area contributed by atoms with Crippen molar-refractivity contribution in [1.29, 1.82) is 0 Å². The fourth-order valence-corrected chi connectivity index (χ4v) is 6.88. The van der Waals surface area contributed by atoms with Crippen molar-refractivity contribution < 1.29 is 18.0 Å². The molecule has 0 aromatic carbocycles. The highest BCUT2D eigenvalue weighted by Gasteiger charge is 2.35. The number of hydrogen-bond acceptors (Lipinski definition) is 4. The minimum Gasteiger partial charge on any atom is -0.356 e. The molecule has 0 bridgehead atoms. The lowest BCUT2D eigenvalue weighted by Crippen LogP contribution is -2.47. The molecule has 4 rings (SSSR count). The fraction of sp³-hybridized carbons (Fsp3) is 0.750. The first-order valence-corrected chi connectivity index (χ1v) is 14.2. The molecule has 1 atom stereocenters. The number of amides is 2. The van der Waals surface area contributed by atoms with Gasteiger partial charge in [-0.1, -0.05) is 32.1 Å². The minimum atomic E-state index is -3.76. The number of nitrogens with zero attached hydrogens (tertiary/aromatic N) is 2. The number of aromatic nitrogens is 1. The number of carbonyl (C=O) groups is 2. The minimum absolute atomic E-state index is 0.0180. The van der Waals surface area contributed by atoms with Gasteiger partial charge >= 0.3 is 0 Å². The monoisotopic (exact) mass is 478 g/mol. The van der Waals surface area contributed by atoms with Crippen molar-refractivity contribution in [3.8, 4) is 0 Å². The van der Waals surface area contributed by atoms with E-state index < -0.39 is 10.0 Å². The van der Waals surface area contributed by atoms with Gasteiger partial charge in [-0.2, -0.15) is 4.31 Å². The van der Waals surface area contributed by atoms with Crippen LogP contribution < -0.4 is 5.32 Å². The van der Waals surface area contributed by atoms with Gasteiger partial charge < -0.3 is 15.2 Å². The van der Waals surface area contributed by atoms with E-state index in [1.165, 1.54) is 35.8 Å². The van der Waals surface area contributed by atoms with E-state index in [1.54, 1.807) is 4.90 Å². The Labute approximate surface area is 197 Å². The molecule has 0 radical (unpaired) electrons. The third-order valence-electron chi connectivity index (χ3n) is 7.37. The second kappa shape index (κ2) is 11.0. The molecule has 8 nitrogen and oxygen atoms in total. The van der Waals surface area contributed by atoms with Crippen molar-refractivity contribution >= 4 is 21.8 Å². The van der Waals surface area contributed by atoms with Gasteiger partial charge in [-0.15, -0.1) is 0 Å². The molecule has 2 amide bonds. The quantitative estimate of drug-likeness (QED) is 0.678. The Morgan fingerprint density at radius 1 is 0.879 bits per heavy atom. The molecule has 33 heavy (non-hydrogen) atoms. The van der Waals surface area contributed by atoms with Crippen LogP contribution in [-0.2, 0) is 14.8 Å². The molecule has 2 aliphatic heterocycles. The zero-order valence-corrected chi connectivity index (χ0v) is 20.4. The van der Waals surface area contributed by atoms with Crippen LogP contribution in [0.2, 0.25) is 0 Å². The van der Waals surface area contributed by atoms with Crippen molar-refractivity contribution in [2.75, 3.05) is 26.2 Å². The highest BCUT2D eigenvalue weighted by molar-refractivity contribution is 7.89. The summed E-state index contributed by atoms with van der Waals surface area (Å²) in [7, 11) is -3.76. The van der Waals surface area contributed by atoms with E-state index in [9.17, 15) is 18.0 Å². The van der Waals surface area contributed by atoms with E-state index in [1.807, 2.05) is 0 Å². The van der Waals surface area contributed by atoms with Gasteiger partial charge in [0, 0.05) is 38.4 Å². The molecule has 2 N–H and O–H groups in total. The van der Waals surface area contributed by atoms with Crippen LogP contribution in [0.1, 0.15) is 87.5 Å². The third kappa shape index (κ3) is 5.98. The summed E-state index contributed by atoms with van der Waals surface area (Å²) in [6.07, 6.45) is 13.9. The van der Waals surface area contributed by atoms with Crippen LogP contribution in [-0.4, -0.2) is 66.6 Å². The highest BCUT2D eigenvalue weighted by atomic mass is 32.2. The van der Waals surface area contributed by atoms with Crippen LogP contribution in [0.5, 0.6) is 0 Å². The summed E-state index contributed by atoms with van der Waals surface area (Å²) in [5.74, 6) is -0.492. The summed E-state index contributed by atoms with van der Waals surface area (Å²) in [6.45, 7) is 2.02. The number of hydrogen-bond donors (Lipinski definition) is 2. The lowest BCUT2D eigenvalue weighted by atomic mass is 9.94. The first kappa shape index (κ1) is 24.3. The van der Waals surface area contributed by atoms with Crippen molar-refractivity contribution in [3.05, 3.63) is 18.0 Å². The number of carbonyl (C=O) groups excluding carboxylic acids is 2. The molecule has 1 aliphatic carbocycles. The summed E-state index contributed by atoms with van der Waals surface area (Å²) in [6, 6.07) is 1.66. The van der Waals surface area contributed by atoms with Crippen LogP contribution in [0.3, 0.4) is 0 Å².